The van der Waals surface area contributed by atoms with Crippen molar-refractivity contribution in [1.82, 2.24) is 9.80 Å². The fourth-order valence-electron chi connectivity index (χ4n) is 2.84. The van der Waals surface area contributed by atoms with E-state index in [-0.39, 0.29) is 25.0 Å². The average Bonchev–Trinajstić information content (AvgIpc) is 2.86. The van der Waals surface area contributed by atoms with E-state index >= 15 is 0 Å². The molecule has 0 unspecified atom stereocenters. The van der Waals surface area contributed by atoms with Gasteiger partial charge in [-0.2, -0.15) is 0 Å². The minimum absolute atomic E-state index is 0.244. The highest BCUT2D eigenvalue weighted by atomic mass is 16.5. The van der Waals surface area contributed by atoms with Gasteiger partial charge < -0.3 is 9.64 Å². The van der Waals surface area contributed by atoms with Crippen molar-refractivity contribution in [1.29, 1.82) is 0 Å². The third kappa shape index (κ3) is 3.88. The van der Waals surface area contributed by atoms with Crippen LogP contribution in [0.1, 0.15) is 26.3 Å². The van der Waals surface area contributed by atoms with Crippen LogP contribution in [0.3, 0.4) is 0 Å². The molecule has 0 radical (unpaired) electrons. The van der Waals surface area contributed by atoms with E-state index in [1.165, 1.54) is 10.5 Å². The summed E-state index contributed by atoms with van der Waals surface area (Å²) in [5.41, 5.74) is 2.14. The van der Waals surface area contributed by atoms with E-state index in [0.717, 1.165) is 18.7 Å². The summed E-state index contributed by atoms with van der Waals surface area (Å²) in [5.74, 6) is 0.265. The van der Waals surface area contributed by atoms with Crippen LogP contribution in [0.15, 0.2) is 48.5 Å². The van der Waals surface area contributed by atoms with Gasteiger partial charge in [0.2, 0.25) is 0 Å². The standard InChI is InChI=1S/C20H22N2O3/c1-21(2)11-10-15-6-5-7-16(14-15)25-13-12-22-19(23)17-8-3-4-9-18(17)20(22)24/h3-9,14H,10-13H2,1-2H3. The molecular weight excluding hydrogens is 316 g/mol. The van der Waals surface area contributed by atoms with E-state index in [9.17, 15) is 9.59 Å². The summed E-state index contributed by atoms with van der Waals surface area (Å²) in [6.45, 7) is 1.50. The van der Waals surface area contributed by atoms with Gasteiger partial charge in [-0.1, -0.05) is 24.3 Å². The summed E-state index contributed by atoms with van der Waals surface area (Å²) in [5, 5.41) is 0. The van der Waals surface area contributed by atoms with Crippen LogP contribution >= 0.6 is 0 Å². The van der Waals surface area contributed by atoms with E-state index in [0.29, 0.717) is 11.1 Å². The number of hydrogen-bond donors (Lipinski definition) is 0. The Morgan fingerprint density at radius 2 is 1.64 bits per heavy atom. The molecular formula is C20H22N2O3. The van der Waals surface area contributed by atoms with Crippen molar-refractivity contribution in [2.75, 3.05) is 33.8 Å². The molecule has 0 N–H and O–H groups in total. The molecule has 0 spiro atoms. The topological polar surface area (TPSA) is 49.9 Å². The number of amides is 2. The van der Waals surface area contributed by atoms with Crippen LogP contribution in [-0.2, 0) is 6.42 Å². The van der Waals surface area contributed by atoms with Crippen LogP contribution in [0, 0.1) is 0 Å². The van der Waals surface area contributed by atoms with E-state index in [4.69, 9.17) is 4.74 Å². The highest BCUT2D eigenvalue weighted by molar-refractivity contribution is 6.21. The molecule has 2 aromatic rings. The molecule has 1 heterocycles. The van der Waals surface area contributed by atoms with Gasteiger partial charge in [0.05, 0.1) is 17.7 Å². The van der Waals surface area contributed by atoms with Crippen LogP contribution in [0.25, 0.3) is 0 Å². The Kier molecular flexibility index (Phi) is 5.14. The Morgan fingerprint density at radius 1 is 0.960 bits per heavy atom. The third-order valence-electron chi connectivity index (χ3n) is 4.21. The van der Waals surface area contributed by atoms with Gasteiger partial charge in [-0.3, -0.25) is 14.5 Å². The molecule has 25 heavy (non-hydrogen) atoms. The zero-order chi connectivity index (χ0) is 17.8. The first-order valence-electron chi connectivity index (χ1n) is 8.38. The Balaban J connectivity index is 1.56. The summed E-state index contributed by atoms with van der Waals surface area (Å²) >= 11 is 0. The van der Waals surface area contributed by atoms with E-state index in [1.807, 2.05) is 32.3 Å². The van der Waals surface area contributed by atoms with Crippen molar-refractivity contribution < 1.29 is 14.3 Å². The second-order valence-corrected chi connectivity index (χ2v) is 6.36. The lowest BCUT2D eigenvalue weighted by atomic mass is 10.1. The van der Waals surface area contributed by atoms with Crippen molar-refractivity contribution in [2.45, 2.75) is 6.42 Å². The first kappa shape index (κ1) is 17.2. The summed E-state index contributed by atoms with van der Waals surface area (Å²) < 4.78 is 5.75. The lowest BCUT2D eigenvalue weighted by molar-refractivity contribution is 0.0631. The number of fused-ring (bicyclic) bond motifs is 1. The Hall–Kier alpha value is -2.66. The molecule has 0 aliphatic carbocycles. The predicted octanol–water partition coefficient (Wildman–Crippen LogP) is 2.47. The molecule has 0 atom stereocenters. The molecule has 0 saturated carbocycles. The first-order valence-corrected chi connectivity index (χ1v) is 8.38. The Labute approximate surface area is 147 Å². The highest BCUT2D eigenvalue weighted by Crippen LogP contribution is 2.22. The molecule has 5 nitrogen and oxygen atoms in total. The average molecular weight is 338 g/mol. The van der Waals surface area contributed by atoms with Crippen molar-refractivity contribution >= 4 is 11.8 Å². The van der Waals surface area contributed by atoms with Crippen LogP contribution in [0.5, 0.6) is 5.75 Å². The molecule has 1 aliphatic rings. The molecule has 0 aromatic heterocycles. The van der Waals surface area contributed by atoms with Gasteiger partial charge in [0, 0.05) is 6.54 Å². The SMILES string of the molecule is CN(C)CCc1cccc(OCCN2C(=O)c3ccccc3C2=O)c1. The second kappa shape index (κ2) is 7.49. The number of carbonyl (C=O) groups is 2. The smallest absolute Gasteiger partial charge is 0.261 e. The summed E-state index contributed by atoms with van der Waals surface area (Å²) in [7, 11) is 4.09. The van der Waals surface area contributed by atoms with E-state index in [2.05, 4.69) is 11.0 Å². The number of rotatable bonds is 7. The third-order valence-corrected chi connectivity index (χ3v) is 4.21. The van der Waals surface area contributed by atoms with Crippen LogP contribution in [-0.4, -0.2) is 55.4 Å². The summed E-state index contributed by atoms with van der Waals surface area (Å²) in [6.07, 6.45) is 0.947. The lowest BCUT2D eigenvalue weighted by Crippen LogP contribution is -2.33. The molecule has 2 aromatic carbocycles. The molecule has 0 saturated heterocycles. The molecule has 5 heteroatoms. The minimum atomic E-state index is -0.246. The molecule has 0 bridgehead atoms. The zero-order valence-corrected chi connectivity index (χ0v) is 14.6. The van der Waals surface area contributed by atoms with Gasteiger partial charge in [0.1, 0.15) is 12.4 Å². The largest absolute Gasteiger partial charge is 0.492 e. The Morgan fingerprint density at radius 3 is 2.28 bits per heavy atom. The van der Waals surface area contributed by atoms with Gasteiger partial charge in [0.25, 0.3) is 11.8 Å². The summed E-state index contributed by atoms with van der Waals surface area (Å²) in [6, 6.07) is 14.8. The number of imide groups is 1. The normalized spacial score (nSPS) is 13.5. The van der Waals surface area contributed by atoms with Crippen molar-refractivity contribution in [3.63, 3.8) is 0 Å². The minimum Gasteiger partial charge on any atom is -0.492 e. The van der Waals surface area contributed by atoms with E-state index < -0.39 is 0 Å². The lowest BCUT2D eigenvalue weighted by Gasteiger charge is -2.15. The molecule has 3 rings (SSSR count). The second-order valence-electron chi connectivity index (χ2n) is 6.36. The molecule has 1 aliphatic heterocycles. The summed E-state index contributed by atoms with van der Waals surface area (Å²) in [4.78, 5) is 28.0. The number of hydrogen-bond acceptors (Lipinski definition) is 4. The van der Waals surface area contributed by atoms with Crippen molar-refractivity contribution in [3.8, 4) is 5.75 Å². The first-order chi connectivity index (χ1) is 12.1. The molecule has 130 valence electrons. The maximum Gasteiger partial charge on any atom is 0.261 e. The van der Waals surface area contributed by atoms with Crippen LogP contribution in [0.2, 0.25) is 0 Å². The number of nitrogens with zero attached hydrogens (tertiary/aromatic N) is 2. The number of benzene rings is 2. The van der Waals surface area contributed by atoms with Crippen LogP contribution < -0.4 is 4.74 Å². The van der Waals surface area contributed by atoms with Crippen molar-refractivity contribution in [3.05, 3.63) is 65.2 Å². The fraction of sp³-hybridized carbons (Fsp3) is 0.300. The van der Waals surface area contributed by atoms with Gasteiger partial charge in [-0.25, -0.2) is 0 Å². The predicted molar refractivity (Wildman–Crippen MR) is 96.0 cm³/mol. The maximum atomic E-state index is 12.3. The number of ether oxygens (including phenoxy) is 1. The van der Waals surface area contributed by atoms with Gasteiger partial charge >= 0.3 is 0 Å². The quantitative estimate of drug-likeness (QED) is 0.728. The van der Waals surface area contributed by atoms with Crippen LogP contribution in [0.4, 0.5) is 0 Å². The zero-order valence-electron chi connectivity index (χ0n) is 14.6. The monoisotopic (exact) mass is 338 g/mol. The number of likely N-dealkylation sites (N-methyl/N-ethyl adjacent to an activating group) is 1. The highest BCUT2D eigenvalue weighted by Gasteiger charge is 2.34. The Bertz CT molecular complexity index is 751. The molecule has 2 amide bonds. The van der Waals surface area contributed by atoms with Gasteiger partial charge in [-0.05, 0) is 50.3 Å². The fourth-order valence-corrected chi connectivity index (χ4v) is 2.84. The maximum absolute atomic E-state index is 12.3. The number of carbonyl (C=O) groups excluding carboxylic acids is 2. The van der Waals surface area contributed by atoms with Crippen molar-refractivity contribution in [2.24, 2.45) is 0 Å². The van der Waals surface area contributed by atoms with Gasteiger partial charge in [-0.15, -0.1) is 0 Å². The van der Waals surface area contributed by atoms with Gasteiger partial charge in [0.15, 0.2) is 0 Å². The van der Waals surface area contributed by atoms with E-state index in [1.54, 1.807) is 24.3 Å². The molecule has 0 fully saturated rings.